The van der Waals surface area contributed by atoms with Crippen LogP contribution < -0.4 is 5.73 Å². The van der Waals surface area contributed by atoms with Crippen molar-refractivity contribution in [3.05, 3.63) is 0 Å². The van der Waals surface area contributed by atoms with E-state index >= 15 is 0 Å². The van der Waals surface area contributed by atoms with Crippen molar-refractivity contribution in [1.82, 2.24) is 4.90 Å². The highest BCUT2D eigenvalue weighted by atomic mass is 16.2. The fraction of sp³-hybridized carbons (Fsp3) is 0.889. The molecule has 0 spiro atoms. The van der Waals surface area contributed by atoms with E-state index in [1.165, 1.54) is 0 Å². The summed E-state index contributed by atoms with van der Waals surface area (Å²) in [5.41, 5.74) is 5.67. The van der Waals surface area contributed by atoms with Crippen LogP contribution in [0.15, 0.2) is 0 Å². The van der Waals surface area contributed by atoms with Gasteiger partial charge in [0.25, 0.3) is 0 Å². The summed E-state index contributed by atoms with van der Waals surface area (Å²) in [4.78, 5) is 12.6. The number of nitrogens with zero attached hydrogens (tertiary/aromatic N) is 1. The first-order valence-electron chi connectivity index (χ1n) is 4.71. The zero-order chi connectivity index (χ0) is 9.56. The smallest absolute Gasteiger partial charge is 0.219 e. The summed E-state index contributed by atoms with van der Waals surface area (Å²) in [6.45, 7) is 7.23. The molecule has 1 amide bonds. The molecule has 1 rings (SSSR count). The minimum absolute atomic E-state index is 0.148. The maximum absolute atomic E-state index is 10.8. The third-order valence-electron chi connectivity index (χ3n) is 1.90. The predicted octanol–water partition coefficient (Wildman–Crippen LogP) is 0.982. The van der Waals surface area contributed by atoms with Gasteiger partial charge < -0.3 is 10.6 Å². The monoisotopic (exact) mass is 172 g/mol. The van der Waals surface area contributed by atoms with Crippen LogP contribution in [0.1, 0.15) is 33.6 Å². The maximum atomic E-state index is 10.8. The van der Waals surface area contributed by atoms with Crippen molar-refractivity contribution >= 4 is 5.91 Å². The molecule has 3 heteroatoms. The topological polar surface area (TPSA) is 46.3 Å². The van der Waals surface area contributed by atoms with E-state index in [0.717, 1.165) is 25.9 Å². The summed E-state index contributed by atoms with van der Waals surface area (Å²) < 4.78 is 0. The van der Waals surface area contributed by atoms with Gasteiger partial charge in [0.2, 0.25) is 5.91 Å². The SMILES string of the molecule is CC.CC(=O)N1CCCC(N)C1. The average molecular weight is 172 g/mol. The fourth-order valence-electron chi connectivity index (χ4n) is 1.30. The van der Waals surface area contributed by atoms with Gasteiger partial charge in [-0.3, -0.25) is 4.79 Å². The van der Waals surface area contributed by atoms with E-state index in [4.69, 9.17) is 5.73 Å². The summed E-state index contributed by atoms with van der Waals surface area (Å²) >= 11 is 0. The van der Waals surface area contributed by atoms with Crippen molar-refractivity contribution in [3.8, 4) is 0 Å². The van der Waals surface area contributed by atoms with Gasteiger partial charge in [-0.2, -0.15) is 0 Å². The summed E-state index contributed by atoms with van der Waals surface area (Å²) in [6, 6.07) is 0.206. The zero-order valence-electron chi connectivity index (χ0n) is 8.34. The minimum atomic E-state index is 0.148. The van der Waals surface area contributed by atoms with Crippen molar-refractivity contribution in [2.75, 3.05) is 13.1 Å². The second-order valence-electron chi connectivity index (χ2n) is 2.87. The molecule has 0 radical (unpaired) electrons. The molecule has 1 atom stereocenters. The minimum Gasteiger partial charge on any atom is -0.341 e. The van der Waals surface area contributed by atoms with Gasteiger partial charge in [0.1, 0.15) is 0 Å². The van der Waals surface area contributed by atoms with E-state index in [1.54, 1.807) is 6.92 Å². The van der Waals surface area contributed by atoms with E-state index in [9.17, 15) is 4.79 Å². The molecule has 1 aliphatic rings. The lowest BCUT2D eigenvalue weighted by Crippen LogP contribution is -2.44. The molecule has 0 aromatic rings. The van der Waals surface area contributed by atoms with Crippen LogP contribution in [-0.4, -0.2) is 29.9 Å². The van der Waals surface area contributed by atoms with Crippen LogP contribution in [0.4, 0.5) is 0 Å². The Morgan fingerprint density at radius 1 is 1.50 bits per heavy atom. The summed E-state index contributed by atoms with van der Waals surface area (Å²) in [6.07, 6.45) is 2.12. The molecule has 1 heterocycles. The Balaban J connectivity index is 0.000000561. The molecule has 0 bridgehead atoms. The van der Waals surface area contributed by atoms with E-state index in [1.807, 2.05) is 18.7 Å². The maximum Gasteiger partial charge on any atom is 0.219 e. The number of carbonyl (C=O) groups excluding carboxylic acids is 1. The van der Waals surface area contributed by atoms with Gasteiger partial charge in [-0.05, 0) is 12.8 Å². The van der Waals surface area contributed by atoms with Crippen LogP contribution in [-0.2, 0) is 4.79 Å². The Morgan fingerprint density at radius 3 is 2.42 bits per heavy atom. The number of carbonyl (C=O) groups is 1. The highest BCUT2D eigenvalue weighted by Gasteiger charge is 2.17. The van der Waals surface area contributed by atoms with Crippen LogP contribution >= 0.6 is 0 Å². The van der Waals surface area contributed by atoms with Gasteiger partial charge in [-0.1, -0.05) is 13.8 Å². The van der Waals surface area contributed by atoms with Crippen LogP contribution in [0.3, 0.4) is 0 Å². The Morgan fingerprint density at radius 2 is 2.08 bits per heavy atom. The predicted molar refractivity (Wildman–Crippen MR) is 50.8 cm³/mol. The van der Waals surface area contributed by atoms with Crippen molar-refractivity contribution in [3.63, 3.8) is 0 Å². The largest absolute Gasteiger partial charge is 0.341 e. The molecule has 1 aliphatic heterocycles. The normalized spacial score (nSPS) is 22.7. The zero-order valence-corrected chi connectivity index (χ0v) is 8.34. The van der Waals surface area contributed by atoms with Gasteiger partial charge in [-0.25, -0.2) is 0 Å². The number of likely N-dealkylation sites (tertiary alicyclic amines) is 1. The van der Waals surface area contributed by atoms with Gasteiger partial charge >= 0.3 is 0 Å². The first-order chi connectivity index (χ1) is 5.70. The lowest BCUT2D eigenvalue weighted by atomic mass is 10.1. The van der Waals surface area contributed by atoms with E-state index in [2.05, 4.69) is 0 Å². The molecule has 1 fully saturated rings. The molecule has 72 valence electrons. The number of hydrogen-bond acceptors (Lipinski definition) is 2. The van der Waals surface area contributed by atoms with Gasteiger partial charge in [0, 0.05) is 26.1 Å². The average Bonchev–Trinajstić information content (AvgIpc) is 2.08. The van der Waals surface area contributed by atoms with Crippen molar-refractivity contribution in [2.24, 2.45) is 5.73 Å². The van der Waals surface area contributed by atoms with Crippen LogP contribution in [0.5, 0.6) is 0 Å². The van der Waals surface area contributed by atoms with E-state index < -0.39 is 0 Å². The van der Waals surface area contributed by atoms with Crippen LogP contribution in [0.25, 0.3) is 0 Å². The molecule has 1 unspecified atom stereocenters. The van der Waals surface area contributed by atoms with Crippen molar-refractivity contribution < 1.29 is 4.79 Å². The number of amides is 1. The third kappa shape index (κ3) is 3.72. The fourth-order valence-corrected chi connectivity index (χ4v) is 1.30. The number of piperidine rings is 1. The quantitative estimate of drug-likeness (QED) is 0.592. The summed E-state index contributed by atoms with van der Waals surface area (Å²) in [7, 11) is 0. The van der Waals surface area contributed by atoms with Gasteiger partial charge in [0.15, 0.2) is 0 Å². The van der Waals surface area contributed by atoms with Crippen LogP contribution in [0.2, 0.25) is 0 Å². The van der Waals surface area contributed by atoms with Crippen molar-refractivity contribution in [1.29, 1.82) is 0 Å². The van der Waals surface area contributed by atoms with E-state index in [-0.39, 0.29) is 11.9 Å². The molecule has 0 aliphatic carbocycles. The second kappa shape index (κ2) is 6.00. The standard InChI is InChI=1S/C7H14N2O.C2H6/c1-6(10)9-4-2-3-7(8)5-9;1-2/h7H,2-5,8H2,1H3;1-2H3. The molecule has 12 heavy (non-hydrogen) atoms. The molecule has 0 aromatic carbocycles. The van der Waals surface area contributed by atoms with Crippen molar-refractivity contribution in [2.45, 2.75) is 39.7 Å². The molecule has 3 nitrogen and oxygen atoms in total. The lowest BCUT2D eigenvalue weighted by molar-refractivity contribution is -0.129. The number of hydrogen-bond donors (Lipinski definition) is 1. The lowest BCUT2D eigenvalue weighted by Gasteiger charge is -2.29. The number of nitrogens with two attached hydrogens (primary N) is 1. The summed E-state index contributed by atoms with van der Waals surface area (Å²) in [5, 5.41) is 0. The number of rotatable bonds is 0. The molecule has 0 aromatic heterocycles. The van der Waals surface area contributed by atoms with E-state index in [0.29, 0.717) is 0 Å². The highest BCUT2D eigenvalue weighted by molar-refractivity contribution is 5.73. The second-order valence-corrected chi connectivity index (χ2v) is 2.87. The van der Waals surface area contributed by atoms with Crippen LogP contribution in [0, 0.1) is 0 Å². The molecular weight excluding hydrogens is 152 g/mol. The first-order valence-corrected chi connectivity index (χ1v) is 4.71. The molecular formula is C9H20N2O. The molecule has 1 saturated heterocycles. The first kappa shape index (κ1) is 11.4. The van der Waals surface area contributed by atoms with Gasteiger partial charge in [0.05, 0.1) is 0 Å². The highest BCUT2D eigenvalue weighted by Crippen LogP contribution is 2.07. The van der Waals surface area contributed by atoms with Gasteiger partial charge in [-0.15, -0.1) is 0 Å². The summed E-state index contributed by atoms with van der Waals surface area (Å²) in [5.74, 6) is 0.148. The Hall–Kier alpha value is -0.570. The molecule has 0 saturated carbocycles. The Kier molecular flexibility index (Phi) is 5.72. The Bertz CT molecular complexity index is 136. The molecule has 2 N–H and O–H groups in total. The third-order valence-corrected chi connectivity index (χ3v) is 1.90. The Labute approximate surface area is 74.9 Å².